The molecule has 0 radical (unpaired) electrons. The highest BCUT2D eigenvalue weighted by Crippen LogP contribution is 2.12. The number of likely N-dealkylation sites (N-methyl/N-ethyl adjacent to an activating group) is 2. The van der Waals surface area contributed by atoms with E-state index < -0.39 is 0 Å². The minimum atomic E-state index is -0.194. The van der Waals surface area contributed by atoms with Crippen molar-refractivity contribution in [3.63, 3.8) is 0 Å². The number of unbranched alkanes of at least 4 members (excludes halogenated alkanes) is 10. The average molecular weight is 444 g/mol. The minimum Gasteiger partial charge on any atom is -1.00 e. The predicted molar refractivity (Wildman–Crippen MR) is 116 cm³/mol. The highest BCUT2D eigenvalue weighted by molar-refractivity contribution is 4.55. The van der Waals surface area contributed by atoms with E-state index in [9.17, 15) is 5.11 Å². The third kappa shape index (κ3) is 21.2. The zero-order chi connectivity index (χ0) is 19.9. The van der Waals surface area contributed by atoms with E-state index in [1.807, 2.05) is 0 Å². The largest absolute Gasteiger partial charge is 1.00 e. The van der Waals surface area contributed by atoms with Crippen LogP contribution in [-0.2, 0) is 0 Å². The highest BCUT2D eigenvalue weighted by atomic mass is 35.5. The zero-order valence-corrected chi connectivity index (χ0v) is 21.5. The summed E-state index contributed by atoms with van der Waals surface area (Å²) in [6.45, 7) is 8.68. The molecule has 1 N–H and O–H groups in total. The van der Waals surface area contributed by atoms with Gasteiger partial charge in [-0.2, -0.15) is 0 Å². The number of rotatable bonds is 18. The van der Waals surface area contributed by atoms with Crippen LogP contribution in [0.25, 0.3) is 0 Å². The summed E-state index contributed by atoms with van der Waals surface area (Å²) in [5, 5.41) is 10.6. The first kappa shape index (κ1) is 33.1. The molecule has 0 aliphatic carbocycles. The molecule has 0 aliphatic rings. The summed E-state index contributed by atoms with van der Waals surface area (Å²) < 4.78 is 1.90. The van der Waals surface area contributed by atoms with Crippen molar-refractivity contribution in [2.75, 3.05) is 54.4 Å². The Hall–Kier alpha value is 0.460. The molecular weight excluding hydrogens is 391 g/mol. The lowest BCUT2D eigenvalue weighted by atomic mass is 10.1. The van der Waals surface area contributed by atoms with Crippen LogP contribution in [0.5, 0.6) is 0 Å². The van der Waals surface area contributed by atoms with Crippen LogP contribution in [0, 0.1) is 0 Å². The summed E-state index contributed by atoms with van der Waals surface area (Å²) in [4.78, 5) is 0. The van der Waals surface area contributed by atoms with Gasteiger partial charge < -0.3 is 38.9 Å². The monoisotopic (exact) mass is 442 g/mol. The van der Waals surface area contributed by atoms with Gasteiger partial charge in [-0.15, -0.1) is 0 Å². The molecule has 3 nitrogen and oxygen atoms in total. The Morgan fingerprint density at radius 3 is 1.14 bits per heavy atom. The highest BCUT2D eigenvalue weighted by Gasteiger charge is 2.26. The summed E-state index contributed by atoms with van der Waals surface area (Å²) >= 11 is 0. The first-order valence-electron chi connectivity index (χ1n) is 11.5. The van der Waals surface area contributed by atoms with Crippen LogP contribution >= 0.6 is 0 Å². The molecule has 0 fully saturated rings. The van der Waals surface area contributed by atoms with E-state index in [0.717, 1.165) is 22.1 Å². The topological polar surface area (TPSA) is 20.2 Å². The Morgan fingerprint density at radius 1 is 0.536 bits per heavy atom. The van der Waals surface area contributed by atoms with E-state index in [1.54, 1.807) is 0 Å². The number of nitrogens with zero attached hydrogens (tertiary/aromatic N) is 2. The third-order valence-electron chi connectivity index (χ3n) is 5.64. The minimum absolute atomic E-state index is 0. The normalized spacial score (nSPS) is 12.0. The fraction of sp³-hybridized carbons (Fsp3) is 1.00. The molecule has 0 atom stereocenters. The van der Waals surface area contributed by atoms with Gasteiger partial charge in [0.15, 0.2) is 6.10 Å². The first-order valence-corrected chi connectivity index (χ1v) is 11.5. The molecule has 0 saturated carbocycles. The molecule has 28 heavy (non-hydrogen) atoms. The van der Waals surface area contributed by atoms with Crippen LogP contribution in [0.4, 0.5) is 0 Å². The maximum Gasteiger partial charge on any atom is 0.152 e. The fourth-order valence-electron chi connectivity index (χ4n) is 4.02. The number of hydrogen-bond donors (Lipinski definition) is 1. The van der Waals surface area contributed by atoms with E-state index in [-0.39, 0.29) is 30.9 Å². The van der Waals surface area contributed by atoms with Gasteiger partial charge in [0, 0.05) is 0 Å². The van der Waals surface area contributed by atoms with Crippen molar-refractivity contribution in [2.45, 2.75) is 97.0 Å². The van der Waals surface area contributed by atoms with Crippen molar-refractivity contribution in [3.05, 3.63) is 0 Å². The van der Waals surface area contributed by atoms with Crippen molar-refractivity contribution in [1.29, 1.82) is 0 Å². The molecule has 5 heteroatoms. The van der Waals surface area contributed by atoms with Crippen molar-refractivity contribution in [3.8, 4) is 0 Å². The summed E-state index contributed by atoms with van der Waals surface area (Å²) in [6.07, 6.45) is 16.0. The third-order valence-corrected chi connectivity index (χ3v) is 5.64. The van der Waals surface area contributed by atoms with E-state index >= 15 is 0 Å². The number of halogens is 2. The van der Waals surface area contributed by atoms with Crippen LogP contribution in [-0.4, -0.2) is 74.5 Å². The Kier molecular flexibility index (Phi) is 23.0. The van der Waals surface area contributed by atoms with Crippen LogP contribution < -0.4 is 24.8 Å². The number of hydrogen-bond acceptors (Lipinski definition) is 1. The molecule has 0 aromatic heterocycles. The lowest BCUT2D eigenvalue weighted by molar-refractivity contribution is -0.914. The van der Waals surface area contributed by atoms with Gasteiger partial charge in [0.1, 0.15) is 13.1 Å². The molecule has 0 unspecified atom stereocenters. The molecule has 0 aliphatic heterocycles. The Morgan fingerprint density at radius 2 is 0.821 bits per heavy atom. The SMILES string of the molecule is CCCCCCCC[N+](C)(C)CC(O)C[N+](C)(C)CCCCCCCC.[Cl-].[Cl-]. The van der Waals surface area contributed by atoms with Gasteiger partial charge in [-0.25, -0.2) is 0 Å². The molecule has 174 valence electrons. The summed E-state index contributed by atoms with van der Waals surface area (Å²) in [5.41, 5.74) is 0. The van der Waals surface area contributed by atoms with Crippen molar-refractivity contribution >= 4 is 0 Å². The molecule has 0 amide bonds. The van der Waals surface area contributed by atoms with Gasteiger partial charge in [0.2, 0.25) is 0 Å². The Bertz CT molecular complexity index is 296. The van der Waals surface area contributed by atoms with Crippen LogP contribution in [0.2, 0.25) is 0 Å². The van der Waals surface area contributed by atoms with E-state index in [4.69, 9.17) is 0 Å². The van der Waals surface area contributed by atoms with E-state index in [0.29, 0.717) is 0 Å². The Balaban J connectivity index is -0.00000312. The molecule has 0 bridgehead atoms. The van der Waals surface area contributed by atoms with Gasteiger partial charge in [0.05, 0.1) is 41.3 Å². The second-order valence-corrected chi connectivity index (χ2v) is 9.87. The predicted octanol–water partition coefficient (Wildman–Crippen LogP) is -0.771. The van der Waals surface area contributed by atoms with Gasteiger partial charge in [0.25, 0.3) is 0 Å². The summed E-state index contributed by atoms with van der Waals surface area (Å²) in [7, 11) is 9.12. The average Bonchev–Trinajstić information content (AvgIpc) is 2.52. The van der Waals surface area contributed by atoms with Crippen molar-refractivity contribution in [2.24, 2.45) is 0 Å². The summed E-state index contributed by atoms with van der Waals surface area (Å²) in [5.74, 6) is 0. The van der Waals surface area contributed by atoms with Gasteiger partial charge >= 0.3 is 0 Å². The molecule has 0 heterocycles. The van der Waals surface area contributed by atoms with E-state index in [1.165, 1.54) is 90.1 Å². The maximum atomic E-state index is 10.6. The van der Waals surface area contributed by atoms with Gasteiger partial charge in [-0.1, -0.05) is 65.2 Å². The van der Waals surface area contributed by atoms with Crippen LogP contribution in [0.15, 0.2) is 0 Å². The standard InChI is InChI=1S/C23H52N2O.2ClH/c1-7-9-11-13-15-17-19-24(3,4)21-23(26)22-25(5,6)20-18-16-14-12-10-8-2;;/h23,26H,7-22H2,1-6H3;2*1H/q+2;;/p-2. The fourth-order valence-corrected chi connectivity index (χ4v) is 4.02. The molecular formula is C23H52Cl2N2O. The lowest BCUT2D eigenvalue weighted by Gasteiger charge is -2.36. The first-order chi connectivity index (χ1) is 12.2. The van der Waals surface area contributed by atoms with E-state index in [2.05, 4.69) is 42.0 Å². The molecule has 0 saturated heterocycles. The van der Waals surface area contributed by atoms with Crippen molar-refractivity contribution < 1.29 is 38.9 Å². The van der Waals surface area contributed by atoms with Crippen LogP contribution in [0.1, 0.15) is 90.9 Å². The zero-order valence-electron chi connectivity index (χ0n) is 20.0. The smallest absolute Gasteiger partial charge is 0.152 e. The summed E-state index contributed by atoms with van der Waals surface area (Å²) in [6, 6.07) is 0. The van der Waals surface area contributed by atoms with Crippen LogP contribution in [0.3, 0.4) is 0 Å². The van der Waals surface area contributed by atoms with Gasteiger partial charge in [-0.3, -0.25) is 0 Å². The molecule has 0 aromatic rings. The number of aliphatic hydroxyl groups excluding tert-OH is 1. The number of quaternary nitrogens is 2. The number of aliphatic hydroxyl groups is 1. The molecule has 0 rings (SSSR count). The maximum absolute atomic E-state index is 10.6. The second kappa shape index (κ2) is 19.4. The molecule has 0 spiro atoms. The molecule has 0 aromatic carbocycles. The lowest BCUT2D eigenvalue weighted by Crippen LogP contribution is -3.00. The van der Waals surface area contributed by atoms with Crippen molar-refractivity contribution in [1.82, 2.24) is 0 Å². The second-order valence-electron chi connectivity index (χ2n) is 9.87. The quantitative estimate of drug-likeness (QED) is 0.218. The van der Waals surface area contributed by atoms with Gasteiger partial charge in [-0.05, 0) is 25.7 Å². The Labute approximate surface area is 190 Å².